The molecule has 0 atom stereocenters. The Morgan fingerprint density at radius 1 is 1.00 bits per heavy atom. The van der Waals surface area contributed by atoms with Crippen LogP contribution in [0.3, 0.4) is 0 Å². The Kier molecular flexibility index (Phi) is 7.14. The van der Waals surface area contributed by atoms with Crippen molar-refractivity contribution < 1.29 is 15.0 Å². The van der Waals surface area contributed by atoms with Crippen LogP contribution in [0.4, 0.5) is 0 Å². The minimum atomic E-state index is 0.130. The summed E-state index contributed by atoms with van der Waals surface area (Å²) < 4.78 is 1.60. The van der Waals surface area contributed by atoms with Gasteiger partial charge >= 0.3 is 105 Å². The van der Waals surface area contributed by atoms with Gasteiger partial charge in [0, 0.05) is 0 Å². The molecular weight excluding hydrogens is 276 g/mol. The van der Waals surface area contributed by atoms with Crippen LogP contribution in [-0.4, -0.2) is 19.4 Å². The van der Waals surface area contributed by atoms with E-state index >= 15 is 0 Å². The predicted molar refractivity (Wildman–Crippen MR) is 66.1 cm³/mol. The molecule has 0 aromatic rings. The number of hydrazone groups is 2. The van der Waals surface area contributed by atoms with Crippen LogP contribution in [-0.2, 0) is 15.0 Å². The van der Waals surface area contributed by atoms with Gasteiger partial charge in [0.2, 0.25) is 0 Å². The normalized spacial score (nSPS) is 12.4. The summed E-state index contributed by atoms with van der Waals surface area (Å²) in [4.78, 5) is 0. The zero-order valence-electron chi connectivity index (χ0n) is 8.22. The molecule has 0 aliphatic carbocycles. The van der Waals surface area contributed by atoms with Crippen molar-refractivity contribution in [3.8, 4) is 0 Å². The van der Waals surface area contributed by atoms with Crippen LogP contribution in [0, 0.1) is 0 Å². The molecule has 0 fully saturated rings. The zero-order valence-corrected chi connectivity index (χ0v) is 11.0. The van der Waals surface area contributed by atoms with Crippen molar-refractivity contribution in [2.45, 2.75) is 13.8 Å². The molecule has 9 heteroatoms. The third-order valence-corrected chi connectivity index (χ3v) is 2.12. The molecule has 0 aliphatic rings. The molecule has 0 spiro atoms. The first kappa shape index (κ1) is 14.2. The Labute approximate surface area is 105 Å². The van der Waals surface area contributed by atoms with Gasteiger partial charge in [0.1, 0.15) is 0 Å². The first-order chi connectivity index (χ1) is 6.91. The van der Waals surface area contributed by atoms with Gasteiger partial charge in [-0.25, -0.2) is 0 Å². The fourth-order valence-corrected chi connectivity index (χ4v) is 1.40. The molecule has 0 unspecified atom stereocenters. The maximum atomic E-state index is 5.21. The van der Waals surface area contributed by atoms with Gasteiger partial charge in [0.05, 0.1) is 0 Å². The van der Waals surface area contributed by atoms with Crippen LogP contribution in [0.25, 0.3) is 0 Å². The molecular formula is C6H12FeN6S2. The van der Waals surface area contributed by atoms with Crippen LogP contribution in [0.1, 0.15) is 13.8 Å². The topological polar surface area (TPSA) is 101 Å². The molecule has 0 bridgehead atoms. The van der Waals surface area contributed by atoms with E-state index in [1.807, 2.05) is 13.8 Å². The van der Waals surface area contributed by atoms with E-state index in [2.05, 4.69) is 45.5 Å². The fourth-order valence-electron chi connectivity index (χ4n) is 0.486. The standard InChI is InChI=1S/2C3H6N3S.Fe/c2*1-2-5-6-3(4)7;/h2*1H3,(H3,4,6,7);. The molecule has 15 heavy (non-hydrogen) atoms. The maximum absolute atomic E-state index is 5.21. The summed E-state index contributed by atoms with van der Waals surface area (Å²) in [6.45, 7) is 3.65. The fraction of sp³-hybridized carbons (Fsp3) is 0.333. The van der Waals surface area contributed by atoms with Crippen molar-refractivity contribution >= 4 is 43.9 Å². The van der Waals surface area contributed by atoms with Gasteiger partial charge < -0.3 is 0 Å². The summed E-state index contributed by atoms with van der Waals surface area (Å²) in [6, 6.07) is 0. The van der Waals surface area contributed by atoms with Crippen molar-refractivity contribution in [1.82, 2.24) is 10.9 Å². The number of nitrogens with one attached hydrogen (secondary N) is 2. The Hall–Kier alpha value is -0.761. The predicted octanol–water partition coefficient (Wildman–Crippen LogP) is -0.598. The first-order valence-corrected chi connectivity index (χ1v) is 5.65. The van der Waals surface area contributed by atoms with E-state index in [-0.39, 0.29) is 10.2 Å². The van der Waals surface area contributed by atoms with Crippen LogP contribution in [0.15, 0.2) is 10.2 Å². The quantitative estimate of drug-likeness (QED) is 0.239. The summed E-state index contributed by atoms with van der Waals surface area (Å²) >= 11 is 9.77. The number of hydrogen-bond donors (Lipinski definition) is 4. The van der Waals surface area contributed by atoms with E-state index in [4.69, 9.17) is 11.5 Å². The van der Waals surface area contributed by atoms with E-state index in [1.54, 1.807) is 0 Å². The SMILES string of the molecule is C/[C](=N\NC(N)=S)[Fe]/[C](C)=N/NC(N)=S. The molecule has 0 heterocycles. The van der Waals surface area contributed by atoms with Gasteiger partial charge in [-0.2, -0.15) is 0 Å². The summed E-state index contributed by atoms with van der Waals surface area (Å²) in [5.74, 6) is 0. The molecule has 86 valence electrons. The van der Waals surface area contributed by atoms with Gasteiger partial charge in [-0.3, -0.25) is 0 Å². The van der Waals surface area contributed by atoms with E-state index < -0.39 is 0 Å². The molecule has 0 aromatic heterocycles. The summed E-state index contributed by atoms with van der Waals surface area (Å²) in [6.07, 6.45) is 0. The molecule has 0 radical (unpaired) electrons. The third-order valence-electron chi connectivity index (χ3n) is 0.891. The van der Waals surface area contributed by atoms with Crippen molar-refractivity contribution in [3.63, 3.8) is 0 Å². The summed E-state index contributed by atoms with van der Waals surface area (Å²) in [5.41, 5.74) is 15.4. The van der Waals surface area contributed by atoms with Gasteiger partial charge in [-0.1, -0.05) is 0 Å². The molecule has 0 aromatic carbocycles. The summed E-state index contributed by atoms with van der Waals surface area (Å²) in [7, 11) is 0. The van der Waals surface area contributed by atoms with Gasteiger partial charge in [0.15, 0.2) is 0 Å². The Morgan fingerprint density at radius 3 is 1.60 bits per heavy atom. The van der Waals surface area contributed by atoms with Crippen LogP contribution in [0.5, 0.6) is 0 Å². The van der Waals surface area contributed by atoms with Gasteiger partial charge in [-0.15, -0.1) is 0 Å². The van der Waals surface area contributed by atoms with Crippen LogP contribution in [0.2, 0.25) is 0 Å². The Balaban J connectivity index is 4.10. The first-order valence-electron chi connectivity index (χ1n) is 3.73. The van der Waals surface area contributed by atoms with Crippen molar-refractivity contribution in [2.24, 2.45) is 21.7 Å². The van der Waals surface area contributed by atoms with Crippen molar-refractivity contribution in [1.29, 1.82) is 0 Å². The number of hydrogen-bond acceptors (Lipinski definition) is 4. The number of thiocarbonyl (C=S) groups is 2. The molecule has 0 saturated heterocycles. The third kappa shape index (κ3) is 9.54. The Morgan fingerprint density at radius 2 is 1.33 bits per heavy atom. The average Bonchev–Trinajstić information content (AvgIpc) is 2.11. The van der Waals surface area contributed by atoms with E-state index in [0.717, 1.165) is 9.22 Å². The van der Waals surface area contributed by atoms with E-state index in [1.165, 1.54) is 0 Å². The Bertz CT molecular complexity index is 283. The molecule has 0 amide bonds. The van der Waals surface area contributed by atoms with Gasteiger partial charge in [0.25, 0.3) is 0 Å². The molecule has 6 N–H and O–H groups in total. The van der Waals surface area contributed by atoms with Crippen molar-refractivity contribution in [2.75, 3.05) is 0 Å². The molecule has 0 rings (SSSR count). The zero-order chi connectivity index (χ0) is 11.8. The molecule has 0 saturated carbocycles. The number of nitrogens with two attached hydrogens (primary N) is 2. The monoisotopic (exact) mass is 288 g/mol. The summed E-state index contributed by atoms with van der Waals surface area (Å²) in [5, 5.41) is 8.10. The van der Waals surface area contributed by atoms with Gasteiger partial charge in [-0.05, 0) is 0 Å². The minimum absolute atomic E-state index is 0.130. The second kappa shape index (κ2) is 7.52. The molecule has 6 nitrogen and oxygen atoms in total. The van der Waals surface area contributed by atoms with Crippen LogP contribution >= 0.6 is 24.4 Å². The van der Waals surface area contributed by atoms with E-state index in [9.17, 15) is 0 Å². The van der Waals surface area contributed by atoms with Crippen LogP contribution < -0.4 is 22.3 Å². The average molecular weight is 288 g/mol. The molecule has 0 aliphatic heterocycles. The van der Waals surface area contributed by atoms with E-state index in [0.29, 0.717) is 15.0 Å². The van der Waals surface area contributed by atoms with Crippen molar-refractivity contribution in [3.05, 3.63) is 0 Å². The number of nitrogens with zero attached hydrogens (tertiary/aromatic N) is 2. The second-order valence-electron chi connectivity index (χ2n) is 2.22. The number of rotatable bonds is 4. The second-order valence-corrected chi connectivity index (χ2v) is 4.98.